The molecule has 222 valence electrons. The van der Waals surface area contributed by atoms with Gasteiger partial charge in [0.05, 0.1) is 11.5 Å². The molecule has 2 heterocycles. The Hall–Kier alpha value is -4.17. The van der Waals surface area contributed by atoms with Gasteiger partial charge in [0.1, 0.15) is 0 Å². The van der Waals surface area contributed by atoms with Crippen LogP contribution in [0.5, 0.6) is 0 Å². The van der Waals surface area contributed by atoms with Crippen molar-refractivity contribution in [1.82, 2.24) is 20.2 Å². The lowest BCUT2D eigenvalue weighted by atomic mass is 9.77. The minimum atomic E-state index is -1.82. The van der Waals surface area contributed by atoms with Crippen LogP contribution in [-0.4, -0.2) is 28.5 Å². The van der Waals surface area contributed by atoms with Gasteiger partial charge in [-0.25, -0.2) is 0 Å². The summed E-state index contributed by atoms with van der Waals surface area (Å²) < 4.78 is 6.46. The second kappa shape index (κ2) is 12.1. The Bertz CT molecular complexity index is 1710. The first-order chi connectivity index (χ1) is 21.2. The van der Waals surface area contributed by atoms with Gasteiger partial charge in [-0.3, -0.25) is 0 Å². The van der Waals surface area contributed by atoms with Gasteiger partial charge in [-0.2, -0.15) is 0 Å². The van der Waals surface area contributed by atoms with Crippen molar-refractivity contribution in [1.29, 1.82) is 0 Å². The quantitative estimate of drug-likeness (QED) is 0.120. The minimum Gasteiger partial charge on any atom is -0.413 e. The molecule has 0 fully saturated rings. The van der Waals surface area contributed by atoms with E-state index in [2.05, 4.69) is 147 Å². The van der Waals surface area contributed by atoms with Crippen molar-refractivity contribution in [3.05, 3.63) is 149 Å². The average Bonchev–Trinajstić information content (AvgIpc) is 3.73. The highest BCUT2D eigenvalue weighted by Gasteiger charge is 2.41. The van der Waals surface area contributed by atoms with Crippen molar-refractivity contribution in [2.45, 2.75) is 51.0 Å². The first-order valence-corrected chi connectivity index (χ1v) is 18.8. The Labute approximate surface area is 265 Å². The highest BCUT2D eigenvalue weighted by atomic mass is 32.1. The van der Waals surface area contributed by atoms with Gasteiger partial charge in [0.15, 0.2) is 13.9 Å². The maximum atomic E-state index is 6.46. The summed E-state index contributed by atoms with van der Waals surface area (Å²) in [4.78, 5) is 2.78. The normalized spacial score (nSPS) is 12.4. The molecule has 0 saturated heterocycles. The van der Waals surface area contributed by atoms with Crippen LogP contribution in [0.25, 0.3) is 21.8 Å². The monoisotopic (exact) mass is 614 g/mol. The van der Waals surface area contributed by atoms with Crippen LogP contribution in [-0.2, 0) is 16.6 Å². The molecule has 6 rings (SSSR count). The zero-order valence-corrected chi connectivity index (χ0v) is 27.8. The average molecular weight is 615 g/mol. The number of hydrogen-bond donors (Lipinski definition) is 0. The number of aromatic nitrogens is 4. The summed E-state index contributed by atoms with van der Waals surface area (Å²) in [6.07, 6.45) is 0. The van der Waals surface area contributed by atoms with Crippen LogP contribution in [0.1, 0.15) is 43.0 Å². The van der Waals surface area contributed by atoms with E-state index in [1.807, 2.05) is 18.2 Å². The Kier molecular flexibility index (Phi) is 8.20. The molecule has 6 aromatic rings. The fourth-order valence-corrected chi connectivity index (χ4v) is 7.10. The zero-order valence-electron chi connectivity index (χ0n) is 25.9. The van der Waals surface area contributed by atoms with E-state index in [0.717, 1.165) is 32.7 Å². The van der Waals surface area contributed by atoms with Gasteiger partial charge in [-0.1, -0.05) is 136 Å². The summed E-state index contributed by atoms with van der Waals surface area (Å²) >= 11 is 1.63. The predicted molar refractivity (Wildman–Crippen MR) is 183 cm³/mol. The number of benzene rings is 4. The molecule has 0 unspecified atom stereocenters. The fraction of sp³-hybridized carbons (Fsp3) is 0.216. The van der Waals surface area contributed by atoms with E-state index in [9.17, 15) is 0 Å². The third kappa shape index (κ3) is 5.59. The van der Waals surface area contributed by atoms with Gasteiger partial charge in [0, 0.05) is 5.56 Å². The van der Waals surface area contributed by atoms with Crippen LogP contribution in [0.15, 0.2) is 127 Å². The number of hydrogen-bond acceptors (Lipinski definition) is 5. The molecule has 0 N–H and O–H groups in total. The van der Waals surface area contributed by atoms with Gasteiger partial charge in [0.2, 0.25) is 5.82 Å². The minimum absolute atomic E-state index is 0.183. The first kappa shape index (κ1) is 29.9. The predicted octanol–water partition coefficient (Wildman–Crippen LogP) is 9.43. The van der Waals surface area contributed by atoms with Crippen molar-refractivity contribution >= 4 is 19.7 Å². The lowest BCUT2D eigenvalue weighted by molar-refractivity contribution is 0.276. The summed E-state index contributed by atoms with van der Waals surface area (Å²) in [5.41, 5.74) is 5.76. The molecule has 5 nitrogen and oxygen atoms in total. The highest BCUT2D eigenvalue weighted by Crippen LogP contribution is 2.41. The molecule has 0 atom stereocenters. The summed E-state index contributed by atoms with van der Waals surface area (Å²) in [6, 6.07) is 42.1. The van der Waals surface area contributed by atoms with Gasteiger partial charge in [0.25, 0.3) is 0 Å². The maximum Gasteiger partial charge on any atom is 0.215 e. The number of rotatable bonds is 9. The van der Waals surface area contributed by atoms with Crippen LogP contribution in [0.3, 0.4) is 0 Å². The second-order valence-corrected chi connectivity index (χ2v) is 18.3. The Morgan fingerprint density at radius 3 is 1.73 bits per heavy atom. The molecule has 7 heteroatoms. The molecule has 0 amide bonds. The van der Waals surface area contributed by atoms with E-state index in [1.165, 1.54) is 5.56 Å². The standard InChI is InChI=1S/C37H38N4OSSi/c1-36(2,3)44(4,5)42-27-28-21-23-29(24-22-28)33-25-26-43-34(33)35-38-40-41(39-35)37(30-15-9-6-10-16-30,31-17-11-7-12-18-31)32-19-13-8-14-20-32/h6-26H,27H2,1-5H3. The van der Waals surface area contributed by atoms with E-state index in [-0.39, 0.29) is 5.04 Å². The number of thiophene rings is 1. The molecule has 0 radical (unpaired) electrons. The molecule has 2 aromatic heterocycles. The van der Waals surface area contributed by atoms with Crippen LogP contribution in [0.4, 0.5) is 0 Å². The summed E-state index contributed by atoms with van der Waals surface area (Å²) in [7, 11) is -1.82. The topological polar surface area (TPSA) is 52.8 Å². The molecule has 44 heavy (non-hydrogen) atoms. The van der Waals surface area contributed by atoms with E-state index < -0.39 is 13.9 Å². The lowest BCUT2D eigenvalue weighted by Gasteiger charge is -2.36. The van der Waals surface area contributed by atoms with Crippen LogP contribution >= 0.6 is 11.3 Å². The van der Waals surface area contributed by atoms with Crippen molar-refractivity contribution in [3.8, 4) is 21.8 Å². The molecular weight excluding hydrogens is 577 g/mol. The summed E-state index contributed by atoms with van der Waals surface area (Å²) in [5, 5.41) is 16.8. The smallest absolute Gasteiger partial charge is 0.215 e. The Balaban J connectivity index is 1.38. The first-order valence-electron chi connectivity index (χ1n) is 15.0. The van der Waals surface area contributed by atoms with Crippen molar-refractivity contribution in [3.63, 3.8) is 0 Å². The molecular formula is C37H38N4OSSi. The second-order valence-electron chi connectivity index (χ2n) is 12.6. The van der Waals surface area contributed by atoms with Gasteiger partial charge < -0.3 is 4.43 Å². The molecule has 0 aliphatic heterocycles. The van der Waals surface area contributed by atoms with Crippen LogP contribution < -0.4 is 0 Å². The third-order valence-corrected chi connectivity index (χ3v) is 14.2. The van der Waals surface area contributed by atoms with Gasteiger partial charge in [-0.05, 0) is 62.6 Å². The zero-order chi connectivity index (χ0) is 30.8. The molecule has 0 aliphatic rings. The number of tetrazole rings is 1. The SMILES string of the molecule is CC(C)(C)[Si](C)(C)OCc1ccc(-c2ccsc2-c2nnn(C(c3ccccc3)(c3ccccc3)c3ccccc3)n2)cc1. The molecule has 0 spiro atoms. The number of nitrogens with zero attached hydrogens (tertiary/aromatic N) is 4. The summed E-state index contributed by atoms with van der Waals surface area (Å²) in [6.45, 7) is 12.0. The highest BCUT2D eigenvalue weighted by molar-refractivity contribution is 7.14. The van der Waals surface area contributed by atoms with Crippen LogP contribution in [0, 0.1) is 0 Å². The van der Waals surface area contributed by atoms with Gasteiger partial charge >= 0.3 is 0 Å². The van der Waals surface area contributed by atoms with E-state index in [1.54, 1.807) is 16.1 Å². The van der Waals surface area contributed by atoms with E-state index >= 15 is 0 Å². The molecule has 0 aliphatic carbocycles. The maximum absolute atomic E-state index is 6.46. The summed E-state index contributed by atoms with van der Waals surface area (Å²) in [5.74, 6) is 0.604. The molecule has 0 bridgehead atoms. The largest absolute Gasteiger partial charge is 0.413 e. The van der Waals surface area contributed by atoms with Gasteiger partial charge in [-0.15, -0.1) is 26.3 Å². The van der Waals surface area contributed by atoms with Crippen molar-refractivity contribution < 1.29 is 4.43 Å². The Morgan fingerprint density at radius 1 is 0.705 bits per heavy atom. The molecule has 4 aromatic carbocycles. The third-order valence-electron chi connectivity index (χ3n) is 8.83. The Morgan fingerprint density at radius 2 is 1.23 bits per heavy atom. The molecule has 0 saturated carbocycles. The van der Waals surface area contributed by atoms with Crippen LogP contribution in [0.2, 0.25) is 18.1 Å². The van der Waals surface area contributed by atoms with E-state index in [0.29, 0.717) is 12.4 Å². The lowest BCUT2D eigenvalue weighted by Crippen LogP contribution is -2.40. The fourth-order valence-electron chi connectivity index (χ4n) is 5.30. The van der Waals surface area contributed by atoms with E-state index in [4.69, 9.17) is 14.7 Å². The van der Waals surface area contributed by atoms with Crippen molar-refractivity contribution in [2.24, 2.45) is 0 Å². The van der Waals surface area contributed by atoms with Crippen molar-refractivity contribution in [2.75, 3.05) is 0 Å².